The van der Waals surface area contributed by atoms with Crippen LogP contribution in [0.2, 0.25) is 0 Å². The third-order valence-electron chi connectivity index (χ3n) is 1.18. The van der Waals surface area contributed by atoms with E-state index in [1.807, 2.05) is 0 Å². The van der Waals surface area contributed by atoms with Crippen LogP contribution in [0.3, 0.4) is 0 Å². The van der Waals surface area contributed by atoms with Crippen molar-refractivity contribution in [3.63, 3.8) is 0 Å². The molecule has 0 saturated heterocycles. The first-order chi connectivity index (χ1) is 6.41. The van der Waals surface area contributed by atoms with Gasteiger partial charge in [0.1, 0.15) is 6.79 Å². The minimum atomic E-state index is 0.0525. The zero-order valence-electron chi connectivity index (χ0n) is 8.03. The molecule has 0 aliphatic carbocycles. The van der Waals surface area contributed by atoms with Crippen LogP contribution in [0.25, 0.3) is 0 Å². The number of ether oxygens (including phenoxy) is 4. The maximum absolute atomic E-state index is 8.37. The van der Waals surface area contributed by atoms with Gasteiger partial charge in [0.05, 0.1) is 39.6 Å². The molecule has 13 heavy (non-hydrogen) atoms. The molecule has 1 N–H and O–H groups in total. The fourth-order valence-electron chi connectivity index (χ4n) is 0.647. The smallest absolute Gasteiger partial charge is 0.146 e. The highest BCUT2D eigenvalue weighted by Crippen LogP contribution is 1.80. The molecule has 0 fully saturated rings. The van der Waals surface area contributed by atoms with Crippen LogP contribution in [0, 0.1) is 0 Å². The fraction of sp³-hybridized carbons (Fsp3) is 1.00. The lowest BCUT2D eigenvalue weighted by atomic mass is 10.7. The first-order valence-corrected chi connectivity index (χ1v) is 4.25. The third kappa shape index (κ3) is 11.8. The monoisotopic (exact) mass is 194 g/mol. The van der Waals surface area contributed by atoms with E-state index < -0.39 is 0 Å². The van der Waals surface area contributed by atoms with Crippen LogP contribution in [0.4, 0.5) is 0 Å². The first kappa shape index (κ1) is 12.8. The van der Waals surface area contributed by atoms with Gasteiger partial charge in [0, 0.05) is 7.11 Å². The van der Waals surface area contributed by atoms with E-state index in [4.69, 9.17) is 19.3 Å². The molecule has 5 nitrogen and oxygen atoms in total. The van der Waals surface area contributed by atoms with Crippen molar-refractivity contribution >= 4 is 0 Å². The second kappa shape index (κ2) is 11.8. The molecule has 0 spiro atoms. The zero-order valence-corrected chi connectivity index (χ0v) is 8.03. The van der Waals surface area contributed by atoms with Crippen LogP contribution < -0.4 is 0 Å². The molecule has 5 heteroatoms. The second-order valence-corrected chi connectivity index (χ2v) is 2.26. The quantitative estimate of drug-likeness (QED) is 0.380. The van der Waals surface area contributed by atoms with Gasteiger partial charge < -0.3 is 24.1 Å². The molecule has 0 amide bonds. The summed E-state index contributed by atoms with van der Waals surface area (Å²) >= 11 is 0. The Bertz CT molecular complexity index is 78.6. The van der Waals surface area contributed by atoms with Gasteiger partial charge in [-0.3, -0.25) is 0 Å². The molecule has 0 heterocycles. The summed E-state index contributed by atoms with van der Waals surface area (Å²) in [6.45, 7) is 2.80. The summed E-state index contributed by atoms with van der Waals surface area (Å²) in [7, 11) is 1.57. The zero-order chi connectivity index (χ0) is 9.78. The minimum Gasteiger partial charge on any atom is -0.394 e. The van der Waals surface area contributed by atoms with Crippen molar-refractivity contribution in [1.82, 2.24) is 0 Å². The Morgan fingerprint density at radius 3 is 1.92 bits per heavy atom. The molecule has 0 aromatic heterocycles. The SMILES string of the molecule is COCOCCOCCOCCO. The molecule has 0 aliphatic rings. The van der Waals surface area contributed by atoms with E-state index in [0.717, 1.165) is 0 Å². The molecule has 0 radical (unpaired) electrons. The summed E-state index contributed by atoms with van der Waals surface area (Å²) in [6.07, 6.45) is 0. The third-order valence-corrected chi connectivity index (χ3v) is 1.18. The summed E-state index contributed by atoms with van der Waals surface area (Å²) in [6, 6.07) is 0. The van der Waals surface area contributed by atoms with Crippen molar-refractivity contribution in [2.45, 2.75) is 0 Å². The summed E-state index contributed by atoms with van der Waals surface area (Å²) in [5.74, 6) is 0. The Kier molecular flexibility index (Phi) is 11.6. The van der Waals surface area contributed by atoms with E-state index in [1.165, 1.54) is 0 Å². The van der Waals surface area contributed by atoms with Crippen molar-refractivity contribution in [3.05, 3.63) is 0 Å². The van der Waals surface area contributed by atoms with Gasteiger partial charge in [-0.1, -0.05) is 0 Å². The van der Waals surface area contributed by atoms with Gasteiger partial charge >= 0.3 is 0 Å². The summed E-state index contributed by atoms with van der Waals surface area (Å²) in [5, 5.41) is 8.37. The van der Waals surface area contributed by atoms with Crippen molar-refractivity contribution in [1.29, 1.82) is 0 Å². The van der Waals surface area contributed by atoms with E-state index in [-0.39, 0.29) is 6.61 Å². The van der Waals surface area contributed by atoms with Crippen molar-refractivity contribution in [3.8, 4) is 0 Å². The highest BCUT2D eigenvalue weighted by Gasteiger charge is 1.89. The van der Waals surface area contributed by atoms with Gasteiger partial charge in [0.2, 0.25) is 0 Å². The minimum absolute atomic E-state index is 0.0525. The van der Waals surface area contributed by atoms with Crippen LogP contribution in [0.15, 0.2) is 0 Å². The first-order valence-electron chi connectivity index (χ1n) is 4.25. The number of aliphatic hydroxyl groups is 1. The van der Waals surface area contributed by atoms with E-state index in [2.05, 4.69) is 4.74 Å². The van der Waals surface area contributed by atoms with Crippen molar-refractivity contribution in [2.75, 3.05) is 53.5 Å². The number of hydrogen-bond acceptors (Lipinski definition) is 5. The molecule has 0 atom stereocenters. The lowest BCUT2D eigenvalue weighted by Crippen LogP contribution is -2.11. The standard InChI is InChI=1S/C8H18O5/c1-10-8-13-7-6-12-5-4-11-3-2-9/h9H,2-8H2,1H3. The number of hydrogen-bond donors (Lipinski definition) is 1. The molecule has 0 rings (SSSR count). The summed E-state index contributed by atoms with van der Waals surface area (Å²) in [4.78, 5) is 0. The Morgan fingerprint density at radius 2 is 1.38 bits per heavy atom. The molecule has 0 unspecified atom stereocenters. The van der Waals surface area contributed by atoms with Crippen LogP contribution in [-0.4, -0.2) is 58.7 Å². The van der Waals surface area contributed by atoms with Gasteiger partial charge in [0.25, 0.3) is 0 Å². The summed E-state index contributed by atoms with van der Waals surface area (Å²) in [5.41, 5.74) is 0. The van der Waals surface area contributed by atoms with Crippen LogP contribution in [-0.2, 0) is 18.9 Å². The Hall–Kier alpha value is -0.200. The van der Waals surface area contributed by atoms with E-state index >= 15 is 0 Å². The predicted molar refractivity (Wildman–Crippen MR) is 46.6 cm³/mol. The number of aliphatic hydroxyl groups excluding tert-OH is 1. The Labute approximate surface area is 78.5 Å². The van der Waals surface area contributed by atoms with Gasteiger partial charge in [-0.2, -0.15) is 0 Å². The van der Waals surface area contributed by atoms with Crippen LogP contribution in [0.5, 0.6) is 0 Å². The lowest BCUT2D eigenvalue weighted by Gasteiger charge is -2.05. The molecule has 0 saturated carbocycles. The molecule has 0 aliphatic heterocycles. The maximum atomic E-state index is 8.37. The average Bonchev–Trinajstić information content (AvgIpc) is 2.16. The molecular weight excluding hydrogens is 176 g/mol. The molecular formula is C8H18O5. The lowest BCUT2D eigenvalue weighted by molar-refractivity contribution is -0.0559. The Morgan fingerprint density at radius 1 is 0.846 bits per heavy atom. The van der Waals surface area contributed by atoms with Gasteiger partial charge in [-0.05, 0) is 0 Å². The topological polar surface area (TPSA) is 57.2 Å². The van der Waals surface area contributed by atoms with E-state index in [0.29, 0.717) is 39.8 Å². The predicted octanol–water partition coefficient (Wildman–Crippen LogP) is -0.368. The number of rotatable bonds is 10. The van der Waals surface area contributed by atoms with Crippen molar-refractivity contribution < 1.29 is 24.1 Å². The molecule has 0 bridgehead atoms. The molecule has 80 valence electrons. The maximum Gasteiger partial charge on any atom is 0.146 e. The van der Waals surface area contributed by atoms with E-state index in [9.17, 15) is 0 Å². The Balaban J connectivity index is 2.76. The normalized spacial score (nSPS) is 10.6. The van der Waals surface area contributed by atoms with Crippen molar-refractivity contribution in [2.24, 2.45) is 0 Å². The van der Waals surface area contributed by atoms with Crippen LogP contribution >= 0.6 is 0 Å². The second-order valence-electron chi connectivity index (χ2n) is 2.26. The highest BCUT2D eigenvalue weighted by molar-refractivity contribution is 4.31. The average molecular weight is 194 g/mol. The van der Waals surface area contributed by atoms with Crippen LogP contribution in [0.1, 0.15) is 0 Å². The summed E-state index contributed by atoms with van der Waals surface area (Å²) < 4.78 is 19.8. The van der Waals surface area contributed by atoms with E-state index in [1.54, 1.807) is 7.11 Å². The van der Waals surface area contributed by atoms with Gasteiger partial charge in [0.15, 0.2) is 0 Å². The van der Waals surface area contributed by atoms with Gasteiger partial charge in [-0.25, -0.2) is 0 Å². The molecule has 0 aromatic carbocycles. The fourth-order valence-corrected chi connectivity index (χ4v) is 0.647. The number of methoxy groups -OCH3 is 1. The van der Waals surface area contributed by atoms with Gasteiger partial charge in [-0.15, -0.1) is 0 Å². The molecule has 0 aromatic rings. The largest absolute Gasteiger partial charge is 0.394 e. The highest BCUT2D eigenvalue weighted by atomic mass is 16.7.